The quantitative estimate of drug-likeness (QED) is 0.929. The van der Waals surface area contributed by atoms with E-state index in [1.807, 2.05) is 42.6 Å². The molecule has 0 amide bonds. The SMILES string of the molecule is CNCc1ccnn1Cc1c(Br)c(C)nn1C. The number of hydrogen-bond donors (Lipinski definition) is 1. The average Bonchev–Trinajstić information content (AvgIpc) is 2.81. The fourth-order valence-corrected chi connectivity index (χ4v) is 2.29. The molecule has 0 unspecified atom stereocenters. The van der Waals surface area contributed by atoms with Crippen molar-refractivity contribution in [3.63, 3.8) is 0 Å². The summed E-state index contributed by atoms with van der Waals surface area (Å²) in [5, 5.41) is 11.9. The van der Waals surface area contributed by atoms with E-state index in [1.165, 1.54) is 5.69 Å². The van der Waals surface area contributed by atoms with Gasteiger partial charge in [-0.25, -0.2) is 0 Å². The van der Waals surface area contributed by atoms with Crippen LogP contribution in [0, 0.1) is 6.92 Å². The normalized spacial score (nSPS) is 11.1. The Labute approximate surface area is 109 Å². The highest BCUT2D eigenvalue weighted by molar-refractivity contribution is 9.10. The van der Waals surface area contributed by atoms with Gasteiger partial charge in [-0.2, -0.15) is 10.2 Å². The monoisotopic (exact) mass is 297 g/mol. The second-order valence-electron chi connectivity index (χ2n) is 3.98. The van der Waals surface area contributed by atoms with Gasteiger partial charge < -0.3 is 5.32 Å². The number of nitrogens with one attached hydrogen (secondary N) is 1. The summed E-state index contributed by atoms with van der Waals surface area (Å²) in [5.74, 6) is 0. The first-order valence-corrected chi connectivity index (χ1v) is 6.26. The molecule has 0 bridgehead atoms. The van der Waals surface area contributed by atoms with Gasteiger partial charge in [0.15, 0.2) is 0 Å². The van der Waals surface area contributed by atoms with Crippen LogP contribution in [-0.2, 0) is 20.1 Å². The molecule has 1 N–H and O–H groups in total. The topological polar surface area (TPSA) is 47.7 Å². The molecule has 92 valence electrons. The zero-order chi connectivity index (χ0) is 12.4. The molecule has 17 heavy (non-hydrogen) atoms. The average molecular weight is 298 g/mol. The van der Waals surface area contributed by atoms with Crippen molar-refractivity contribution in [1.29, 1.82) is 0 Å². The van der Waals surface area contributed by atoms with Crippen molar-refractivity contribution in [3.05, 3.63) is 33.8 Å². The fraction of sp³-hybridized carbons (Fsp3) is 0.455. The van der Waals surface area contributed by atoms with Gasteiger partial charge in [-0.15, -0.1) is 0 Å². The second-order valence-corrected chi connectivity index (χ2v) is 4.77. The number of aryl methyl sites for hydroxylation is 2. The van der Waals surface area contributed by atoms with Gasteiger partial charge in [-0.3, -0.25) is 9.36 Å². The van der Waals surface area contributed by atoms with Crippen LogP contribution >= 0.6 is 15.9 Å². The third kappa shape index (κ3) is 2.42. The first kappa shape index (κ1) is 12.3. The van der Waals surface area contributed by atoms with Gasteiger partial charge >= 0.3 is 0 Å². The Kier molecular flexibility index (Phi) is 3.63. The largest absolute Gasteiger partial charge is 0.314 e. The highest BCUT2D eigenvalue weighted by Crippen LogP contribution is 2.21. The Morgan fingerprint density at radius 1 is 1.47 bits per heavy atom. The molecule has 5 nitrogen and oxygen atoms in total. The number of aromatic nitrogens is 4. The maximum absolute atomic E-state index is 4.38. The van der Waals surface area contributed by atoms with Crippen LogP contribution in [0.25, 0.3) is 0 Å². The van der Waals surface area contributed by atoms with Gasteiger partial charge in [0, 0.05) is 19.8 Å². The molecule has 2 heterocycles. The van der Waals surface area contributed by atoms with Crippen molar-refractivity contribution < 1.29 is 0 Å². The molecule has 0 saturated carbocycles. The molecule has 0 radical (unpaired) electrons. The molecule has 0 aliphatic heterocycles. The Morgan fingerprint density at radius 2 is 2.24 bits per heavy atom. The number of halogens is 1. The lowest BCUT2D eigenvalue weighted by Crippen LogP contribution is -2.14. The first-order chi connectivity index (χ1) is 8.13. The van der Waals surface area contributed by atoms with Crippen molar-refractivity contribution >= 4 is 15.9 Å². The number of nitrogens with zero attached hydrogens (tertiary/aromatic N) is 4. The van der Waals surface area contributed by atoms with E-state index in [2.05, 4.69) is 31.4 Å². The van der Waals surface area contributed by atoms with E-state index in [0.717, 1.165) is 29.0 Å². The highest BCUT2D eigenvalue weighted by atomic mass is 79.9. The molecule has 0 spiro atoms. The van der Waals surface area contributed by atoms with Crippen LogP contribution in [-0.4, -0.2) is 26.6 Å². The van der Waals surface area contributed by atoms with Crippen molar-refractivity contribution in [2.75, 3.05) is 7.05 Å². The van der Waals surface area contributed by atoms with Crippen LogP contribution < -0.4 is 5.32 Å². The summed E-state index contributed by atoms with van der Waals surface area (Å²) >= 11 is 3.57. The lowest BCUT2D eigenvalue weighted by Gasteiger charge is -2.08. The zero-order valence-corrected chi connectivity index (χ0v) is 11.8. The molecule has 6 heteroatoms. The summed E-state index contributed by atoms with van der Waals surface area (Å²) in [6.45, 7) is 3.53. The van der Waals surface area contributed by atoms with Gasteiger partial charge in [-0.05, 0) is 36.0 Å². The molecule has 0 atom stereocenters. The van der Waals surface area contributed by atoms with Gasteiger partial charge in [0.05, 0.1) is 28.1 Å². The summed E-state index contributed by atoms with van der Waals surface area (Å²) < 4.78 is 4.94. The Morgan fingerprint density at radius 3 is 2.82 bits per heavy atom. The third-order valence-corrected chi connectivity index (χ3v) is 3.76. The van der Waals surface area contributed by atoms with Crippen molar-refractivity contribution in [2.24, 2.45) is 7.05 Å². The van der Waals surface area contributed by atoms with E-state index in [-0.39, 0.29) is 0 Å². The van der Waals surface area contributed by atoms with Crippen LogP contribution in [0.2, 0.25) is 0 Å². The molecule has 0 aliphatic carbocycles. The summed E-state index contributed by atoms with van der Waals surface area (Å²) in [5.41, 5.74) is 3.30. The zero-order valence-electron chi connectivity index (χ0n) is 10.2. The first-order valence-electron chi connectivity index (χ1n) is 5.46. The molecule has 0 saturated heterocycles. The minimum Gasteiger partial charge on any atom is -0.314 e. The maximum Gasteiger partial charge on any atom is 0.0843 e. The Bertz CT molecular complexity index is 514. The molecule has 0 aliphatic rings. The Balaban J connectivity index is 2.28. The molecular formula is C11H16BrN5. The van der Waals surface area contributed by atoms with Crippen molar-refractivity contribution in [2.45, 2.75) is 20.0 Å². The van der Waals surface area contributed by atoms with Gasteiger partial charge in [0.1, 0.15) is 0 Å². The lowest BCUT2D eigenvalue weighted by atomic mass is 10.3. The van der Waals surface area contributed by atoms with Crippen LogP contribution in [0.3, 0.4) is 0 Å². The summed E-state index contributed by atoms with van der Waals surface area (Å²) in [4.78, 5) is 0. The van der Waals surface area contributed by atoms with E-state index in [1.54, 1.807) is 0 Å². The van der Waals surface area contributed by atoms with Crippen LogP contribution in [0.4, 0.5) is 0 Å². The molecule has 2 rings (SSSR count). The van der Waals surface area contributed by atoms with Crippen LogP contribution in [0.1, 0.15) is 17.1 Å². The van der Waals surface area contributed by atoms with Crippen molar-refractivity contribution in [3.8, 4) is 0 Å². The highest BCUT2D eigenvalue weighted by Gasteiger charge is 2.12. The number of rotatable bonds is 4. The van der Waals surface area contributed by atoms with Crippen LogP contribution in [0.15, 0.2) is 16.7 Å². The standard InChI is InChI=1S/C11H16BrN5/c1-8-11(12)10(16(3)15-8)7-17-9(6-13-2)4-5-14-17/h4-5,13H,6-7H2,1-3H3. The minimum absolute atomic E-state index is 0.724. The fourth-order valence-electron chi connectivity index (χ4n) is 1.83. The Hall–Kier alpha value is -1.14. The lowest BCUT2D eigenvalue weighted by molar-refractivity contribution is 0.582. The maximum atomic E-state index is 4.38. The summed E-state index contributed by atoms with van der Waals surface area (Å²) in [6, 6.07) is 2.02. The predicted octanol–water partition coefficient (Wildman–Crippen LogP) is 1.46. The predicted molar refractivity (Wildman–Crippen MR) is 69.7 cm³/mol. The summed E-state index contributed by atoms with van der Waals surface area (Å²) in [7, 11) is 3.88. The van der Waals surface area contributed by atoms with Crippen molar-refractivity contribution in [1.82, 2.24) is 24.9 Å². The molecule has 2 aromatic rings. The van der Waals surface area contributed by atoms with E-state index >= 15 is 0 Å². The van der Waals surface area contributed by atoms with E-state index in [4.69, 9.17) is 0 Å². The molecular weight excluding hydrogens is 282 g/mol. The molecule has 0 fully saturated rings. The smallest absolute Gasteiger partial charge is 0.0843 e. The van der Waals surface area contributed by atoms with E-state index in [0.29, 0.717) is 0 Å². The molecule has 0 aromatic carbocycles. The third-order valence-electron chi connectivity index (χ3n) is 2.72. The number of hydrogen-bond acceptors (Lipinski definition) is 3. The van der Waals surface area contributed by atoms with Gasteiger partial charge in [0.25, 0.3) is 0 Å². The second kappa shape index (κ2) is 5.01. The summed E-state index contributed by atoms with van der Waals surface area (Å²) in [6.07, 6.45) is 1.82. The minimum atomic E-state index is 0.724. The van der Waals surface area contributed by atoms with Gasteiger partial charge in [-0.1, -0.05) is 0 Å². The molecule has 2 aromatic heterocycles. The van der Waals surface area contributed by atoms with E-state index in [9.17, 15) is 0 Å². The van der Waals surface area contributed by atoms with Crippen LogP contribution in [0.5, 0.6) is 0 Å². The van der Waals surface area contributed by atoms with Gasteiger partial charge in [0.2, 0.25) is 0 Å². The van der Waals surface area contributed by atoms with E-state index < -0.39 is 0 Å².